The minimum absolute atomic E-state index is 0.193. The summed E-state index contributed by atoms with van der Waals surface area (Å²) in [5.74, 6) is -0.631. The van der Waals surface area contributed by atoms with Gasteiger partial charge in [-0.3, -0.25) is 4.79 Å². The van der Waals surface area contributed by atoms with E-state index in [0.717, 1.165) is 5.56 Å². The first-order valence-corrected chi connectivity index (χ1v) is 8.12. The standard InChI is InChI=1S/C18H13Cl2FN2O2/c1-9-6-7-11(21)8-14(9)22-18(24)15-10(2)25-23-17(15)16-12(19)4-3-5-13(16)20/h3-8H,1-2H3,(H,22,24). The molecule has 0 saturated carbocycles. The lowest BCUT2D eigenvalue weighted by atomic mass is 10.0. The number of hydrogen-bond acceptors (Lipinski definition) is 3. The fourth-order valence-electron chi connectivity index (χ4n) is 2.45. The number of benzene rings is 2. The first kappa shape index (κ1) is 17.5. The number of hydrogen-bond donors (Lipinski definition) is 1. The molecular formula is C18H13Cl2FN2O2. The van der Waals surface area contributed by atoms with Gasteiger partial charge in [0.05, 0.1) is 10.0 Å². The van der Waals surface area contributed by atoms with Gasteiger partial charge in [0.2, 0.25) is 0 Å². The van der Waals surface area contributed by atoms with Crippen molar-refractivity contribution in [3.63, 3.8) is 0 Å². The molecule has 0 bridgehead atoms. The summed E-state index contributed by atoms with van der Waals surface area (Å²) >= 11 is 12.4. The van der Waals surface area contributed by atoms with E-state index in [-0.39, 0.29) is 11.3 Å². The van der Waals surface area contributed by atoms with Crippen LogP contribution < -0.4 is 5.32 Å². The minimum Gasteiger partial charge on any atom is -0.360 e. The van der Waals surface area contributed by atoms with Crippen LogP contribution in [0.15, 0.2) is 40.9 Å². The monoisotopic (exact) mass is 378 g/mol. The molecule has 0 aliphatic heterocycles. The van der Waals surface area contributed by atoms with Gasteiger partial charge in [-0.15, -0.1) is 0 Å². The van der Waals surface area contributed by atoms with Crippen molar-refractivity contribution in [2.45, 2.75) is 13.8 Å². The van der Waals surface area contributed by atoms with Crippen molar-refractivity contribution >= 4 is 34.8 Å². The van der Waals surface area contributed by atoms with Crippen LogP contribution >= 0.6 is 23.2 Å². The van der Waals surface area contributed by atoms with E-state index in [0.29, 0.717) is 27.1 Å². The smallest absolute Gasteiger partial charge is 0.261 e. The topological polar surface area (TPSA) is 55.1 Å². The number of carbonyl (C=O) groups is 1. The highest BCUT2D eigenvalue weighted by molar-refractivity contribution is 6.39. The summed E-state index contributed by atoms with van der Waals surface area (Å²) in [5.41, 5.74) is 1.92. The number of aryl methyl sites for hydroxylation is 2. The number of anilines is 1. The molecule has 0 saturated heterocycles. The second-order valence-corrected chi connectivity index (χ2v) is 6.29. The lowest BCUT2D eigenvalue weighted by molar-refractivity contribution is 0.102. The first-order valence-electron chi connectivity index (χ1n) is 7.36. The van der Waals surface area contributed by atoms with Gasteiger partial charge in [-0.1, -0.05) is 40.5 Å². The third-order valence-corrected chi connectivity index (χ3v) is 4.37. The molecule has 0 spiro atoms. The Morgan fingerprint density at radius 2 is 1.84 bits per heavy atom. The number of rotatable bonds is 3. The molecule has 1 N–H and O–H groups in total. The van der Waals surface area contributed by atoms with Gasteiger partial charge in [-0.25, -0.2) is 4.39 Å². The SMILES string of the molecule is Cc1ccc(F)cc1NC(=O)c1c(-c2c(Cl)cccc2Cl)noc1C. The fourth-order valence-corrected chi connectivity index (χ4v) is 3.02. The molecule has 3 aromatic rings. The quantitative estimate of drug-likeness (QED) is 0.639. The molecule has 0 atom stereocenters. The van der Waals surface area contributed by atoms with E-state index in [1.54, 1.807) is 38.1 Å². The third-order valence-electron chi connectivity index (χ3n) is 3.74. The lowest BCUT2D eigenvalue weighted by Gasteiger charge is -2.10. The van der Waals surface area contributed by atoms with Crippen molar-refractivity contribution in [3.8, 4) is 11.3 Å². The molecule has 0 fully saturated rings. The van der Waals surface area contributed by atoms with Crippen LogP contribution in [0.25, 0.3) is 11.3 Å². The van der Waals surface area contributed by atoms with E-state index in [4.69, 9.17) is 27.7 Å². The van der Waals surface area contributed by atoms with E-state index < -0.39 is 11.7 Å². The lowest BCUT2D eigenvalue weighted by Crippen LogP contribution is -2.14. The maximum absolute atomic E-state index is 13.5. The van der Waals surface area contributed by atoms with E-state index in [9.17, 15) is 9.18 Å². The normalized spacial score (nSPS) is 10.8. The van der Waals surface area contributed by atoms with Crippen LogP contribution in [0.2, 0.25) is 10.0 Å². The van der Waals surface area contributed by atoms with E-state index in [1.165, 1.54) is 12.1 Å². The van der Waals surface area contributed by atoms with Gasteiger partial charge in [0, 0.05) is 11.3 Å². The maximum atomic E-state index is 13.5. The molecule has 25 heavy (non-hydrogen) atoms. The number of nitrogens with zero attached hydrogens (tertiary/aromatic N) is 1. The maximum Gasteiger partial charge on any atom is 0.261 e. The molecule has 0 aliphatic carbocycles. The zero-order valence-corrected chi connectivity index (χ0v) is 14.9. The zero-order chi connectivity index (χ0) is 18.1. The second-order valence-electron chi connectivity index (χ2n) is 5.47. The Balaban J connectivity index is 2.05. The Kier molecular flexibility index (Phi) is 4.79. The molecule has 3 rings (SSSR count). The Hall–Kier alpha value is -2.37. The molecule has 128 valence electrons. The Labute approximate surface area is 153 Å². The van der Waals surface area contributed by atoms with E-state index >= 15 is 0 Å². The van der Waals surface area contributed by atoms with Gasteiger partial charge >= 0.3 is 0 Å². The summed E-state index contributed by atoms with van der Waals surface area (Å²) in [7, 11) is 0. The Morgan fingerprint density at radius 3 is 2.52 bits per heavy atom. The third kappa shape index (κ3) is 3.38. The molecule has 0 unspecified atom stereocenters. The van der Waals surface area contributed by atoms with Crippen molar-refractivity contribution in [2.75, 3.05) is 5.32 Å². The zero-order valence-electron chi connectivity index (χ0n) is 13.4. The van der Waals surface area contributed by atoms with Crippen LogP contribution in [0.1, 0.15) is 21.7 Å². The Morgan fingerprint density at radius 1 is 1.16 bits per heavy atom. The molecule has 1 amide bonds. The van der Waals surface area contributed by atoms with Crippen molar-refractivity contribution in [1.82, 2.24) is 5.16 Å². The molecule has 2 aromatic carbocycles. The second kappa shape index (κ2) is 6.86. The minimum atomic E-state index is -0.488. The van der Waals surface area contributed by atoms with Gasteiger partial charge in [-0.2, -0.15) is 0 Å². The van der Waals surface area contributed by atoms with Gasteiger partial charge in [0.25, 0.3) is 5.91 Å². The molecule has 1 aromatic heterocycles. The van der Waals surface area contributed by atoms with Gasteiger partial charge in [-0.05, 0) is 43.7 Å². The van der Waals surface area contributed by atoms with Crippen LogP contribution in [0, 0.1) is 19.7 Å². The molecule has 7 heteroatoms. The van der Waals surface area contributed by atoms with Crippen LogP contribution in [0.4, 0.5) is 10.1 Å². The van der Waals surface area contributed by atoms with Crippen molar-refractivity contribution < 1.29 is 13.7 Å². The predicted octanol–water partition coefficient (Wildman–Crippen LogP) is 5.66. The number of amides is 1. The van der Waals surface area contributed by atoms with Crippen LogP contribution in [0.3, 0.4) is 0 Å². The molecule has 0 aliphatic rings. The van der Waals surface area contributed by atoms with Crippen molar-refractivity contribution in [2.24, 2.45) is 0 Å². The van der Waals surface area contributed by atoms with Crippen molar-refractivity contribution in [3.05, 3.63) is 69.1 Å². The average molecular weight is 379 g/mol. The number of carbonyl (C=O) groups excluding carboxylic acids is 1. The summed E-state index contributed by atoms with van der Waals surface area (Å²) in [6.07, 6.45) is 0. The Bertz CT molecular complexity index is 949. The highest BCUT2D eigenvalue weighted by atomic mass is 35.5. The predicted molar refractivity (Wildman–Crippen MR) is 95.8 cm³/mol. The van der Waals surface area contributed by atoms with Crippen LogP contribution in [-0.4, -0.2) is 11.1 Å². The van der Waals surface area contributed by atoms with Crippen LogP contribution in [-0.2, 0) is 0 Å². The number of halogens is 3. The van der Waals surface area contributed by atoms with Gasteiger partial charge in [0.1, 0.15) is 22.8 Å². The summed E-state index contributed by atoms with van der Waals surface area (Å²) in [4.78, 5) is 12.8. The largest absolute Gasteiger partial charge is 0.360 e. The van der Waals surface area contributed by atoms with E-state index in [1.807, 2.05) is 0 Å². The molecule has 0 radical (unpaired) electrons. The summed E-state index contributed by atoms with van der Waals surface area (Å²) in [5, 5.41) is 7.30. The molecular weight excluding hydrogens is 366 g/mol. The van der Waals surface area contributed by atoms with Gasteiger partial charge < -0.3 is 9.84 Å². The van der Waals surface area contributed by atoms with Crippen molar-refractivity contribution in [1.29, 1.82) is 0 Å². The highest BCUT2D eigenvalue weighted by Crippen LogP contribution is 2.37. The number of nitrogens with one attached hydrogen (secondary N) is 1. The van der Waals surface area contributed by atoms with Gasteiger partial charge in [0.15, 0.2) is 0 Å². The fraction of sp³-hybridized carbons (Fsp3) is 0.111. The van der Waals surface area contributed by atoms with E-state index in [2.05, 4.69) is 10.5 Å². The summed E-state index contributed by atoms with van der Waals surface area (Å²) < 4.78 is 18.6. The highest BCUT2D eigenvalue weighted by Gasteiger charge is 2.25. The summed E-state index contributed by atoms with van der Waals surface area (Å²) in [6, 6.07) is 9.13. The molecule has 4 nitrogen and oxygen atoms in total. The number of aromatic nitrogens is 1. The average Bonchev–Trinajstić information content (AvgIpc) is 2.92. The molecule has 1 heterocycles. The van der Waals surface area contributed by atoms with Crippen LogP contribution in [0.5, 0.6) is 0 Å². The summed E-state index contributed by atoms with van der Waals surface area (Å²) in [6.45, 7) is 3.37. The first-order chi connectivity index (χ1) is 11.9.